The molecule has 0 saturated heterocycles. The zero-order chi connectivity index (χ0) is 20.9. The summed E-state index contributed by atoms with van der Waals surface area (Å²) in [6, 6.07) is 23.0. The van der Waals surface area contributed by atoms with Gasteiger partial charge >= 0.3 is 0 Å². The number of halogens is 1. The van der Waals surface area contributed by atoms with Crippen molar-refractivity contribution in [3.63, 3.8) is 0 Å². The van der Waals surface area contributed by atoms with Crippen molar-refractivity contribution in [3.05, 3.63) is 92.9 Å². The minimum Gasteiger partial charge on any atom is -0.397 e. The summed E-state index contributed by atoms with van der Waals surface area (Å²) in [6.45, 7) is 0.632. The van der Waals surface area contributed by atoms with Crippen LogP contribution in [0, 0.1) is 3.57 Å². The summed E-state index contributed by atoms with van der Waals surface area (Å²) in [5, 5.41) is 9.10. The molecule has 150 valence electrons. The highest BCUT2D eigenvalue weighted by Crippen LogP contribution is 2.26. The molecule has 0 aliphatic heterocycles. The van der Waals surface area contributed by atoms with Crippen molar-refractivity contribution in [2.45, 2.75) is 6.54 Å². The fourth-order valence-electron chi connectivity index (χ4n) is 2.87. The first-order valence-corrected chi connectivity index (χ1v) is 11.2. The van der Waals surface area contributed by atoms with Crippen molar-refractivity contribution >= 4 is 56.3 Å². The number of nitrogens with one attached hydrogen (secondary N) is 2. The van der Waals surface area contributed by atoms with Crippen LogP contribution in [0.5, 0.6) is 0 Å². The van der Waals surface area contributed by atoms with E-state index in [4.69, 9.17) is 5.73 Å². The molecule has 5 nitrogen and oxygen atoms in total. The number of carbonyl (C=O) groups is 1. The minimum atomic E-state index is -0.186. The van der Waals surface area contributed by atoms with Gasteiger partial charge in [0.15, 0.2) is 5.13 Å². The van der Waals surface area contributed by atoms with Crippen molar-refractivity contribution in [1.82, 2.24) is 4.98 Å². The number of anilines is 3. The molecular formula is C23H19IN4OS. The third-order valence-electron chi connectivity index (χ3n) is 4.51. The monoisotopic (exact) mass is 526 g/mol. The first kappa shape index (κ1) is 20.4. The van der Waals surface area contributed by atoms with Crippen LogP contribution in [-0.2, 0) is 6.54 Å². The number of aromatic nitrogens is 1. The Balaban J connectivity index is 1.35. The van der Waals surface area contributed by atoms with Crippen LogP contribution >= 0.6 is 33.9 Å². The van der Waals surface area contributed by atoms with E-state index >= 15 is 0 Å². The number of nitrogens with zero attached hydrogens (tertiary/aromatic N) is 1. The number of carbonyl (C=O) groups excluding carboxylic acids is 1. The van der Waals surface area contributed by atoms with Crippen molar-refractivity contribution in [2.75, 3.05) is 16.4 Å². The van der Waals surface area contributed by atoms with Gasteiger partial charge in [0.05, 0.1) is 17.1 Å². The van der Waals surface area contributed by atoms with E-state index in [2.05, 4.69) is 62.5 Å². The number of amides is 1. The number of nitrogen functional groups attached to an aromatic ring is 1. The first-order valence-electron chi connectivity index (χ1n) is 9.28. The molecule has 0 saturated carbocycles. The van der Waals surface area contributed by atoms with E-state index in [-0.39, 0.29) is 5.91 Å². The first-order chi connectivity index (χ1) is 14.6. The Labute approximate surface area is 192 Å². The van der Waals surface area contributed by atoms with E-state index in [1.54, 1.807) is 23.5 Å². The van der Waals surface area contributed by atoms with Gasteiger partial charge in [0.1, 0.15) is 0 Å². The fraction of sp³-hybridized carbons (Fsp3) is 0.0435. The maximum atomic E-state index is 12.4. The highest BCUT2D eigenvalue weighted by Gasteiger charge is 2.08. The Kier molecular flexibility index (Phi) is 6.29. The van der Waals surface area contributed by atoms with Gasteiger partial charge in [-0.15, -0.1) is 11.3 Å². The molecule has 0 aliphatic carbocycles. The standard InChI is InChI=1S/C23H19IN4OS/c24-18-11-9-16(10-12-18)21-14-30-23(28-21)26-13-15-5-7-17(8-6-15)22(29)27-20-4-2-1-3-19(20)25/h1-12,14H,13,25H2,(H,26,28)(H,27,29). The number of nitrogens with two attached hydrogens (primary N) is 1. The van der Waals surface area contributed by atoms with Crippen LogP contribution in [0.2, 0.25) is 0 Å². The molecule has 7 heteroatoms. The average molecular weight is 526 g/mol. The third kappa shape index (κ3) is 4.98. The summed E-state index contributed by atoms with van der Waals surface area (Å²) in [5.74, 6) is -0.186. The number of para-hydroxylation sites is 2. The minimum absolute atomic E-state index is 0.186. The van der Waals surface area contributed by atoms with Crippen molar-refractivity contribution in [3.8, 4) is 11.3 Å². The second-order valence-electron chi connectivity index (χ2n) is 6.64. The molecule has 0 bridgehead atoms. The van der Waals surface area contributed by atoms with Gasteiger partial charge in [0.2, 0.25) is 0 Å². The largest absolute Gasteiger partial charge is 0.397 e. The number of benzene rings is 3. The molecule has 0 fully saturated rings. The molecule has 30 heavy (non-hydrogen) atoms. The zero-order valence-corrected chi connectivity index (χ0v) is 18.9. The topological polar surface area (TPSA) is 80.0 Å². The molecule has 1 heterocycles. The lowest BCUT2D eigenvalue weighted by Gasteiger charge is -2.08. The lowest BCUT2D eigenvalue weighted by molar-refractivity contribution is 0.102. The summed E-state index contributed by atoms with van der Waals surface area (Å²) in [6.07, 6.45) is 0. The molecule has 1 aromatic heterocycles. The summed E-state index contributed by atoms with van der Waals surface area (Å²) in [4.78, 5) is 17.1. The van der Waals surface area contributed by atoms with Gasteiger partial charge in [0.25, 0.3) is 5.91 Å². The van der Waals surface area contributed by atoms with Crippen molar-refractivity contribution < 1.29 is 4.79 Å². The zero-order valence-electron chi connectivity index (χ0n) is 15.9. The number of thiazole rings is 1. The Morgan fingerprint density at radius 1 is 1.00 bits per heavy atom. The predicted octanol–water partition coefficient (Wildman–Crippen LogP) is 5.86. The highest BCUT2D eigenvalue weighted by atomic mass is 127. The molecule has 0 aliphatic rings. The smallest absolute Gasteiger partial charge is 0.255 e. The molecule has 4 aromatic rings. The lowest BCUT2D eigenvalue weighted by Crippen LogP contribution is -2.13. The number of rotatable bonds is 6. The summed E-state index contributed by atoms with van der Waals surface area (Å²) in [7, 11) is 0. The molecule has 0 unspecified atom stereocenters. The van der Waals surface area contributed by atoms with Gasteiger partial charge in [-0.25, -0.2) is 4.98 Å². The van der Waals surface area contributed by atoms with E-state index in [9.17, 15) is 4.79 Å². The third-order valence-corrected chi connectivity index (χ3v) is 6.03. The lowest BCUT2D eigenvalue weighted by atomic mass is 10.1. The van der Waals surface area contributed by atoms with Gasteiger partial charge in [-0.2, -0.15) is 0 Å². The average Bonchev–Trinajstić information content (AvgIpc) is 3.24. The van der Waals surface area contributed by atoms with Gasteiger partial charge < -0.3 is 16.4 Å². The number of hydrogen-bond acceptors (Lipinski definition) is 5. The van der Waals surface area contributed by atoms with Crippen LogP contribution in [-0.4, -0.2) is 10.9 Å². The van der Waals surface area contributed by atoms with E-state index in [0.29, 0.717) is 23.5 Å². The second-order valence-corrected chi connectivity index (χ2v) is 8.74. The maximum Gasteiger partial charge on any atom is 0.255 e. The Bertz CT molecular complexity index is 1160. The van der Waals surface area contributed by atoms with Gasteiger partial charge in [0, 0.05) is 26.6 Å². The van der Waals surface area contributed by atoms with Gasteiger partial charge in [-0.1, -0.05) is 36.4 Å². The molecule has 3 aromatic carbocycles. The quantitative estimate of drug-likeness (QED) is 0.217. The van der Waals surface area contributed by atoms with E-state index in [0.717, 1.165) is 22.0 Å². The molecular weight excluding hydrogens is 507 g/mol. The Morgan fingerprint density at radius 2 is 1.73 bits per heavy atom. The van der Waals surface area contributed by atoms with Crippen LogP contribution < -0.4 is 16.4 Å². The molecule has 0 radical (unpaired) electrons. The summed E-state index contributed by atoms with van der Waals surface area (Å²) in [5.41, 5.74) is 10.8. The Morgan fingerprint density at radius 3 is 2.47 bits per heavy atom. The fourth-order valence-corrected chi connectivity index (χ4v) is 3.94. The van der Waals surface area contributed by atoms with E-state index < -0.39 is 0 Å². The number of hydrogen-bond donors (Lipinski definition) is 3. The summed E-state index contributed by atoms with van der Waals surface area (Å²) < 4.78 is 1.20. The van der Waals surface area contributed by atoms with Crippen molar-refractivity contribution in [2.24, 2.45) is 0 Å². The second kappa shape index (κ2) is 9.27. The maximum absolute atomic E-state index is 12.4. The van der Waals surface area contributed by atoms with Crippen LogP contribution in [0.3, 0.4) is 0 Å². The van der Waals surface area contributed by atoms with Gasteiger partial charge in [-0.05, 0) is 64.6 Å². The molecule has 4 N–H and O–H groups in total. The predicted molar refractivity (Wildman–Crippen MR) is 133 cm³/mol. The van der Waals surface area contributed by atoms with Crippen LogP contribution in [0.4, 0.5) is 16.5 Å². The van der Waals surface area contributed by atoms with Crippen LogP contribution in [0.25, 0.3) is 11.3 Å². The SMILES string of the molecule is Nc1ccccc1NC(=O)c1ccc(CNc2nc(-c3ccc(I)cc3)cs2)cc1. The van der Waals surface area contributed by atoms with Crippen molar-refractivity contribution in [1.29, 1.82) is 0 Å². The molecule has 4 rings (SSSR count). The van der Waals surface area contributed by atoms with E-state index in [1.165, 1.54) is 3.57 Å². The highest BCUT2D eigenvalue weighted by molar-refractivity contribution is 14.1. The molecule has 1 amide bonds. The van der Waals surface area contributed by atoms with Crippen LogP contribution in [0.15, 0.2) is 78.2 Å². The van der Waals surface area contributed by atoms with Gasteiger partial charge in [-0.3, -0.25) is 4.79 Å². The normalized spacial score (nSPS) is 10.6. The van der Waals surface area contributed by atoms with Crippen LogP contribution in [0.1, 0.15) is 15.9 Å². The molecule has 0 atom stereocenters. The Hall–Kier alpha value is -2.91. The van der Waals surface area contributed by atoms with E-state index in [1.807, 2.05) is 41.8 Å². The summed E-state index contributed by atoms with van der Waals surface area (Å²) >= 11 is 3.87. The molecule has 0 spiro atoms.